The quantitative estimate of drug-likeness (QED) is 0.482. The van der Waals surface area contributed by atoms with Crippen molar-refractivity contribution in [3.63, 3.8) is 0 Å². The smallest absolute Gasteiger partial charge is 0.310 e. The highest BCUT2D eigenvalue weighted by Gasteiger charge is 2.19. The fraction of sp³-hybridized carbons (Fsp3) is 0.267. The summed E-state index contributed by atoms with van der Waals surface area (Å²) in [4.78, 5) is 35.9. The van der Waals surface area contributed by atoms with Crippen LogP contribution >= 0.6 is 0 Å². The van der Waals surface area contributed by atoms with E-state index in [-0.39, 0.29) is 17.4 Å². The molecular weight excluding hydrogens is 270 g/mol. The molecule has 1 aliphatic rings. The molecule has 6 nitrogen and oxygen atoms in total. The molecule has 1 heterocycles. The molecule has 0 aliphatic heterocycles. The van der Waals surface area contributed by atoms with E-state index in [2.05, 4.69) is 15.1 Å². The van der Waals surface area contributed by atoms with Gasteiger partial charge in [-0.05, 0) is 36.6 Å². The molecule has 2 rings (SSSR count). The van der Waals surface area contributed by atoms with Gasteiger partial charge in [0.05, 0.1) is 0 Å². The maximum Gasteiger partial charge on any atom is 0.384 e. The van der Waals surface area contributed by atoms with Crippen LogP contribution in [0.15, 0.2) is 47.0 Å². The van der Waals surface area contributed by atoms with E-state index in [1.54, 1.807) is 13.0 Å². The van der Waals surface area contributed by atoms with Gasteiger partial charge >= 0.3 is 5.97 Å². The largest absolute Gasteiger partial charge is 0.384 e. The van der Waals surface area contributed by atoms with E-state index in [4.69, 9.17) is 4.84 Å². The third-order valence-corrected chi connectivity index (χ3v) is 2.97. The molecule has 0 atom stereocenters. The second kappa shape index (κ2) is 6.21. The van der Waals surface area contributed by atoms with Crippen LogP contribution in [0.3, 0.4) is 0 Å². The average Bonchev–Trinajstić information content (AvgIpc) is 2.46. The number of rotatable bonds is 3. The van der Waals surface area contributed by atoms with E-state index in [1.165, 1.54) is 24.7 Å². The van der Waals surface area contributed by atoms with Crippen molar-refractivity contribution in [3.05, 3.63) is 47.6 Å². The van der Waals surface area contributed by atoms with E-state index >= 15 is 0 Å². The van der Waals surface area contributed by atoms with Crippen molar-refractivity contribution in [2.24, 2.45) is 11.1 Å². The highest BCUT2D eigenvalue weighted by molar-refractivity contribution is 6.21. The molecule has 0 saturated carbocycles. The summed E-state index contributed by atoms with van der Waals surface area (Å²) < 4.78 is 0. The van der Waals surface area contributed by atoms with E-state index in [1.807, 2.05) is 13.8 Å². The van der Waals surface area contributed by atoms with Gasteiger partial charge in [0.2, 0.25) is 0 Å². The molecule has 0 unspecified atom stereocenters. The van der Waals surface area contributed by atoms with Crippen LogP contribution < -0.4 is 0 Å². The molecule has 0 spiro atoms. The normalized spacial score (nSPS) is 16.8. The first-order valence-electron chi connectivity index (χ1n) is 6.49. The van der Waals surface area contributed by atoms with Crippen molar-refractivity contribution < 1.29 is 14.4 Å². The number of carbonyl (C=O) groups excluding carboxylic acids is 2. The van der Waals surface area contributed by atoms with Gasteiger partial charge in [-0.1, -0.05) is 19.0 Å². The zero-order valence-electron chi connectivity index (χ0n) is 12.0. The third-order valence-electron chi connectivity index (χ3n) is 2.97. The number of hydrogen-bond donors (Lipinski definition) is 0. The summed E-state index contributed by atoms with van der Waals surface area (Å²) in [6.07, 6.45) is 5.84. The number of carbonyl (C=O) groups is 2. The van der Waals surface area contributed by atoms with Crippen molar-refractivity contribution >= 4 is 17.5 Å². The lowest BCUT2D eigenvalue weighted by Crippen LogP contribution is -2.16. The molecule has 0 radical (unpaired) electrons. The Kier molecular flexibility index (Phi) is 4.37. The lowest BCUT2D eigenvalue weighted by Gasteiger charge is -2.14. The molecular formula is C15H15N3O3. The van der Waals surface area contributed by atoms with Gasteiger partial charge in [-0.15, -0.1) is 0 Å². The summed E-state index contributed by atoms with van der Waals surface area (Å²) >= 11 is 0. The SMILES string of the molecule is CC1=CC(=O)C(C(C)C)=CC1=NOC(=O)c1ccncn1. The van der Waals surface area contributed by atoms with Gasteiger partial charge in [-0.2, -0.15) is 0 Å². The summed E-state index contributed by atoms with van der Waals surface area (Å²) in [7, 11) is 0. The Morgan fingerprint density at radius 1 is 1.33 bits per heavy atom. The van der Waals surface area contributed by atoms with Gasteiger partial charge in [0.25, 0.3) is 0 Å². The van der Waals surface area contributed by atoms with E-state index in [9.17, 15) is 9.59 Å². The van der Waals surface area contributed by atoms with Gasteiger partial charge < -0.3 is 4.84 Å². The maximum atomic E-state index is 11.8. The summed E-state index contributed by atoms with van der Waals surface area (Å²) in [5, 5.41) is 3.82. The first-order chi connectivity index (χ1) is 9.99. The zero-order chi connectivity index (χ0) is 15.4. The minimum absolute atomic E-state index is 0.0384. The Morgan fingerprint density at radius 3 is 2.71 bits per heavy atom. The van der Waals surface area contributed by atoms with Gasteiger partial charge in [0.15, 0.2) is 11.5 Å². The molecule has 0 bridgehead atoms. The Bertz CT molecular complexity index is 658. The number of ketones is 1. The predicted molar refractivity (Wildman–Crippen MR) is 76.6 cm³/mol. The minimum atomic E-state index is -0.672. The van der Waals surface area contributed by atoms with Crippen LogP contribution in [0.4, 0.5) is 0 Å². The van der Waals surface area contributed by atoms with Crippen molar-refractivity contribution in [1.29, 1.82) is 0 Å². The molecule has 6 heteroatoms. The first-order valence-corrected chi connectivity index (χ1v) is 6.49. The molecule has 21 heavy (non-hydrogen) atoms. The summed E-state index contributed by atoms with van der Waals surface area (Å²) in [6.45, 7) is 5.58. The third kappa shape index (κ3) is 3.47. The number of nitrogens with zero attached hydrogens (tertiary/aromatic N) is 3. The second-order valence-electron chi connectivity index (χ2n) is 4.90. The molecule has 1 aromatic rings. The molecule has 1 aromatic heterocycles. The Labute approximate surface area is 122 Å². The van der Waals surface area contributed by atoms with Gasteiger partial charge in [0.1, 0.15) is 12.0 Å². The van der Waals surface area contributed by atoms with Crippen LogP contribution in [0.25, 0.3) is 0 Å². The highest BCUT2D eigenvalue weighted by Crippen LogP contribution is 2.19. The number of allylic oxidation sites excluding steroid dienone is 4. The van der Waals surface area contributed by atoms with Gasteiger partial charge in [0, 0.05) is 11.8 Å². The zero-order valence-corrected chi connectivity index (χ0v) is 12.0. The standard InChI is InChI=1S/C15H15N3O3/c1-9(2)11-7-13(10(3)6-14(11)19)18-21-15(20)12-4-5-16-8-17-12/h4-9H,1-3H3. The fourth-order valence-corrected chi connectivity index (χ4v) is 1.78. The van der Waals surface area contributed by atoms with Crippen LogP contribution in [0, 0.1) is 5.92 Å². The number of aromatic nitrogens is 2. The van der Waals surface area contributed by atoms with Crippen LogP contribution in [0.5, 0.6) is 0 Å². The molecule has 0 amide bonds. The molecule has 0 aromatic carbocycles. The molecule has 1 aliphatic carbocycles. The second-order valence-corrected chi connectivity index (χ2v) is 4.90. The van der Waals surface area contributed by atoms with Crippen molar-refractivity contribution in [2.75, 3.05) is 0 Å². The molecule has 0 saturated heterocycles. The van der Waals surface area contributed by atoms with Gasteiger partial charge in [-0.25, -0.2) is 14.8 Å². The monoisotopic (exact) mass is 285 g/mol. The Balaban J connectivity index is 2.19. The van der Waals surface area contributed by atoms with Gasteiger partial charge in [-0.3, -0.25) is 4.79 Å². The predicted octanol–water partition coefficient (Wildman–Crippen LogP) is 2.10. The Hall–Kier alpha value is -2.63. The highest BCUT2D eigenvalue weighted by atomic mass is 16.7. The van der Waals surface area contributed by atoms with Crippen molar-refractivity contribution in [2.45, 2.75) is 20.8 Å². The van der Waals surface area contributed by atoms with Crippen LogP contribution in [0.2, 0.25) is 0 Å². The first kappa shape index (κ1) is 14.8. The molecule has 0 fully saturated rings. The van der Waals surface area contributed by atoms with Crippen LogP contribution in [0.1, 0.15) is 31.3 Å². The van der Waals surface area contributed by atoms with Crippen LogP contribution in [-0.2, 0) is 9.63 Å². The van der Waals surface area contributed by atoms with Crippen LogP contribution in [-0.4, -0.2) is 27.4 Å². The molecule has 0 N–H and O–H groups in total. The average molecular weight is 285 g/mol. The number of oxime groups is 1. The van der Waals surface area contributed by atoms with E-state index in [0.29, 0.717) is 16.9 Å². The Morgan fingerprint density at radius 2 is 2.10 bits per heavy atom. The lowest BCUT2D eigenvalue weighted by molar-refractivity contribution is -0.111. The number of hydrogen-bond acceptors (Lipinski definition) is 6. The summed E-state index contributed by atoms with van der Waals surface area (Å²) in [6, 6.07) is 1.44. The topological polar surface area (TPSA) is 81.5 Å². The summed E-state index contributed by atoms with van der Waals surface area (Å²) in [5.41, 5.74) is 1.87. The van der Waals surface area contributed by atoms with E-state index in [0.717, 1.165) is 0 Å². The van der Waals surface area contributed by atoms with Crippen molar-refractivity contribution in [3.8, 4) is 0 Å². The molecule has 108 valence electrons. The van der Waals surface area contributed by atoms with E-state index < -0.39 is 5.97 Å². The minimum Gasteiger partial charge on any atom is -0.310 e. The maximum absolute atomic E-state index is 11.8. The lowest BCUT2D eigenvalue weighted by atomic mass is 9.90. The summed E-state index contributed by atoms with van der Waals surface area (Å²) in [5.74, 6) is -0.637. The van der Waals surface area contributed by atoms with Crippen molar-refractivity contribution in [1.82, 2.24) is 9.97 Å². The fourth-order valence-electron chi connectivity index (χ4n) is 1.78.